The Bertz CT molecular complexity index is 1020. The van der Waals surface area contributed by atoms with Crippen molar-refractivity contribution in [2.24, 2.45) is 0 Å². The van der Waals surface area contributed by atoms with E-state index >= 15 is 0 Å². The number of ether oxygens (including phenoxy) is 4. The Morgan fingerprint density at radius 3 is 2.58 bits per heavy atom. The highest BCUT2D eigenvalue weighted by molar-refractivity contribution is 6.09. The van der Waals surface area contributed by atoms with Gasteiger partial charge in [0.15, 0.2) is 17.8 Å². The number of carbonyl (C=O) groups excluding carboxylic acids is 2. The maximum absolute atomic E-state index is 12.9. The van der Waals surface area contributed by atoms with Gasteiger partial charge in [-0.2, -0.15) is 0 Å². The van der Waals surface area contributed by atoms with Gasteiger partial charge in [-0.15, -0.1) is 0 Å². The topological polar surface area (TPSA) is 74.3 Å². The molecule has 0 spiro atoms. The monoisotopic (exact) mass is 453 g/mol. The zero-order valence-electron chi connectivity index (χ0n) is 19.6. The predicted molar refractivity (Wildman–Crippen MR) is 126 cm³/mol. The second kappa shape index (κ2) is 11.4. The summed E-state index contributed by atoms with van der Waals surface area (Å²) in [4.78, 5) is 26.3. The Kier molecular flexibility index (Phi) is 8.35. The first-order chi connectivity index (χ1) is 16.1. The maximum atomic E-state index is 12.9. The number of carbonyl (C=O) groups is 2. The van der Waals surface area contributed by atoms with E-state index in [4.69, 9.17) is 18.9 Å². The van der Waals surface area contributed by atoms with E-state index in [-0.39, 0.29) is 6.61 Å². The number of nitrogens with zero attached hydrogens (tertiary/aromatic N) is 1. The Balaban J connectivity index is 2.10. The number of rotatable bonds is 10. The molecule has 2 aromatic carbocycles. The number of amides is 1. The van der Waals surface area contributed by atoms with Crippen LogP contribution in [-0.2, 0) is 16.0 Å². The van der Waals surface area contributed by atoms with E-state index in [9.17, 15) is 9.59 Å². The molecule has 176 valence electrons. The maximum Gasteiger partial charge on any atom is 0.414 e. The second-order valence-electron chi connectivity index (χ2n) is 7.67. The van der Waals surface area contributed by atoms with Crippen molar-refractivity contribution in [1.29, 1.82) is 0 Å². The van der Waals surface area contributed by atoms with Crippen LogP contribution < -0.4 is 14.2 Å². The van der Waals surface area contributed by atoms with Crippen LogP contribution in [0.5, 0.6) is 17.2 Å². The van der Waals surface area contributed by atoms with Gasteiger partial charge < -0.3 is 18.9 Å². The first-order valence-corrected chi connectivity index (χ1v) is 11.2. The average Bonchev–Trinajstić information content (AvgIpc) is 2.84. The molecule has 2 aromatic rings. The highest BCUT2D eigenvalue weighted by Gasteiger charge is 2.33. The van der Waals surface area contributed by atoms with Gasteiger partial charge in [0.25, 0.3) is 0 Å². The molecule has 0 N–H and O–H groups in total. The van der Waals surface area contributed by atoms with Crippen LogP contribution >= 0.6 is 0 Å². The lowest BCUT2D eigenvalue weighted by Gasteiger charge is -2.34. The van der Waals surface area contributed by atoms with Crippen LogP contribution in [0.1, 0.15) is 49.4 Å². The molecule has 1 unspecified atom stereocenters. The number of allylic oxidation sites excluding steroid dienone is 1. The molecule has 1 aliphatic rings. The summed E-state index contributed by atoms with van der Waals surface area (Å²) in [6.45, 7) is 4.62. The molecule has 7 heteroatoms. The van der Waals surface area contributed by atoms with E-state index in [0.29, 0.717) is 35.7 Å². The van der Waals surface area contributed by atoms with Gasteiger partial charge in [0.05, 0.1) is 33.5 Å². The van der Waals surface area contributed by atoms with Crippen molar-refractivity contribution in [2.75, 3.05) is 27.4 Å². The largest absolute Gasteiger partial charge is 0.497 e. The van der Waals surface area contributed by atoms with Crippen LogP contribution in [0, 0.1) is 0 Å². The molecule has 0 fully saturated rings. The quantitative estimate of drug-likeness (QED) is 0.365. The molecule has 0 bridgehead atoms. The molecule has 1 heterocycles. The standard InChI is InChI=1S/C26H31NO6/c1-5-7-11-33-25-14-21-19(17-28)16-27(26(29)32-6-2)23(22(21)15-24(25)31-4)13-18-9-8-10-20(12-18)30-3/h8-10,12,14-17,23H,5-7,11,13H2,1-4H3. The van der Waals surface area contributed by atoms with Crippen LogP contribution in [0.4, 0.5) is 4.79 Å². The number of hydrogen-bond donors (Lipinski definition) is 0. The fourth-order valence-electron chi connectivity index (χ4n) is 3.86. The predicted octanol–water partition coefficient (Wildman–Crippen LogP) is 5.18. The summed E-state index contributed by atoms with van der Waals surface area (Å²) in [5.74, 6) is 1.85. The zero-order valence-corrected chi connectivity index (χ0v) is 19.6. The first kappa shape index (κ1) is 24.2. The normalized spacial score (nSPS) is 14.7. The smallest absolute Gasteiger partial charge is 0.414 e. The Hall–Kier alpha value is -3.48. The third-order valence-electron chi connectivity index (χ3n) is 5.54. The average molecular weight is 454 g/mol. The van der Waals surface area contributed by atoms with E-state index in [2.05, 4.69) is 6.92 Å². The molecule has 0 aromatic heterocycles. The summed E-state index contributed by atoms with van der Waals surface area (Å²) < 4.78 is 22.2. The molecule has 33 heavy (non-hydrogen) atoms. The number of benzene rings is 2. The van der Waals surface area contributed by atoms with Crippen LogP contribution in [0.3, 0.4) is 0 Å². The molecule has 7 nitrogen and oxygen atoms in total. The molecule has 1 atom stereocenters. The van der Waals surface area contributed by atoms with Gasteiger partial charge >= 0.3 is 6.09 Å². The Morgan fingerprint density at radius 1 is 1.09 bits per heavy atom. The van der Waals surface area contributed by atoms with Crippen molar-refractivity contribution >= 4 is 18.0 Å². The van der Waals surface area contributed by atoms with Gasteiger partial charge in [0.2, 0.25) is 0 Å². The lowest BCUT2D eigenvalue weighted by Crippen LogP contribution is -2.35. The fourth-order valence-corrected chi connectivity index (χ4v) is 3.86. The number of unbranched alkanes of at least 4 members (excludes halogenated alkanes) is 1. The molecule has 0 radical (unpaired) electrons. The Labute approximate surface area is 194 Å². The van der Waals surface area contributed by atoms with Gasteiger partial charge in [-0.05, 0) is 60.7 Å². The third kappa shape index (κ3) is 5.48. The minimum absolute atomic E-state index is 0.228. The van der Waals surface area contributed by atoms with Gasteiger partial charge in [-0.3, -0.25) is 9.69 Å². The first-order valence-electron chi connectivity index (χ1n) is 11.2. The minimum Gasteiger partial charge on any atom is -0.497 e. The molecule has 0 saturated carbocycles. The highest BCUT2D eigenvalue weighted by Crippen LogP contribution is 2.42. The summed E-state index contributed by atoms with van der Waals surface area (Å²) in [6, 6.07) is 11.0. The lowest BCUT2D eigenvalue weighted by atomic mass is 9.87. The van der Waals surface area contributed by atoms with Crippen molar-refractivity contribution < 1.29 is 28.5 Å². The minimum atomic E-state index is -0.516. The van der Waals surface area contributed by atoms with Crippen molar-refractivity contribution in [3.63, 3.8) is 0 Å². The lowest BCUT2D eigenvalue weighted by molar-refractivity contribution is -0.103. The summed E-state index contributed by atoms with van der Waals surface area (Å²) in [5.41, 5.74) is 2.86. The SMILES string of the molecule is CCCCOc1cc2c(cc1OC)C(Cc1cccc(OC)c1)N(C(=O)OCC)C=C2C=O. The van der Waals surface area contributed by atoms with Crippen LogP contribution in [0.2, 0.25) is 0 Å². The van der Waals surface area contributed by atoms with Crippen molar-refractivity contribution in [1.82, 2.24) is 4.90 Å². The van der Waals surface area contributed by atoms with Gasteiger partial charge in [0, 0.05) is 11.8 Å². The fraction of sp³-hybridized carbons (Fsp3) is 0.385. The summed E-state index contributed by atoms with van der Waals surface area (Å²) >= 11 is 0. The van der Waals surface area contributed by atoms with Crippen molar-refractivity contribution in [3.8, 4) is 17.2 Å². The van der Waals surface area contributed by atoms with Gasteiger partial charge in [-0.25, -0.2) is 4.79 Å². The summed E-state index contributed by atoms with van der Waals surface area (Å²) in [6.07, 6.45) is 4.19. The van der Waals surface area contributed by atoms with E-state index in [0.717, 1.165) is 36.0 Å². The van der Waals surface area contributed by atoms with E-state index in [1.54, 1.807) is 27.3 Å². The van der Waals surface area contributed by atoms with E-state index in [1.807, 2.05) is 36.4 Å². The van der Waals surface area contributed by atoms with Crippen molar-refractivity contribution in [2.45, 2.75) is 39.2 Å². The molecule has 1 aliphatic heterocycles. The van der Waals surface area contributed by atoms with Crippen LogP contribution in [-0.4, -0.2) is 44.7 Å². The number of hydrogen-bond acceptors (Lipinski definition) is 6. The van der Waals surface area contributed by atoms with Crippen LogP contribution in [0.25, 0.3) is 5.57 Å². The molecule has 3 rings (SSSR count). The third-order valence-corrected chi connectivity index (χ3v) is 5.54. The molecular formula is C26H31NO6. The number of fused-ring (bicyclic) bond motifs is 1. The molecule has 0 saturated heterocycles. The van der Waals surface area contributed by atoms with Gasteiger partial charge in [-0.1, -0.05) is 25.5 Å². The zero-order chi connectivity index (χ0) is 23.8. The summed E-state index contributed by atoms with van der Waals surface area (Å²) in [7, 11) is 3.19. The van der Waals surface area contributed by atoms with E-state index in [1.165, 1.54) is 4.90 Å². The van der Waals surface area contributed by atoms with E-state index < -0.39 is 12.1 Å². The number of methoxy groups -OCH3 is 2. The second-order valence-corrected chi connectivity index (χ2v) is 7.67. The molecular weight excluding hydrogens is 422 g/mol. The summed E-state index contributed by atoms with van der Waals surface area (Å²) in [5, 5.41) is 0. The van der Waals surface area contributed by atoms with Crippen LogP contribution in [0.15, 0.2) is 42.6 Å². The molecule has 1 amide bonds. The highest BCUT2D eigenvalue weighted by atomic mass is 16.6. The Morgan fingerprint density at radius 2 is 1.91 bits per heavy atom. The van der Waals surface area contributed by atoms with Crippen molar-refractivity contribution in [3.05, 3.63) is 59.3 Å². The van der Waals surface area contributed by atoms with Gasteiger partial charge in [0.1, 0.15) is 5.75 Å². The molecule has 0 aliphatic carbocycles. The number of aldehydes is 1.